The zero-order valence-electron chi connectivity index (χ0n) is 18.0. The van der Waals surface area contributed by atoms with Crippen molar-refractivity contribution in [3.63, 3.8) is 0 Å². The van der Waals surface area contributed by atoms with Crippen LogP contribution in [0.3, 0.4) is 0 Å². The number of piperidine rings is 1. The molecule has 0 aliphatic carbocycles. The number of carbonyl (C=O) groups is 2. The van der Waals surface area contributed by atoms with Gasteiger partial charge < -0.3 is 14.6 Å². The number of anilines is 1. The number of para-hydroxylation sites is 1. The average Bonchev–Trinajstić information content (AvgIpc) is 3.01. The number of hydrogen-bond donors (Lipinski definition) is 1. The number of rotatable bonds is 7. The molecule has 2 aromatic rings. The molecular formula is C24H28N2O5. The lowest BCUT2D eigenvalue weighted by molar-refractivity contribution is -0.136. The Hall–Kier alpha value is -2.90. The molecule has 0 spiro atoms. The van der Waals surface area contributed by atoms with E-state index in [0.717, 1.165) is 25.9 Å². The number of carbonyl (C=O) groups excluding carboxylic acids is 2. The number of Topliss-reactive ketones (excluding diaryl/α,β-unsaturated/α-hetero) is 1. The lowest BCUT2D eigenvalue weighted by atomic mass is 9.88. The first-order valence-corrected chi connectivity index (χ1v) is 10.6. The van der Waals surface area contributed by atoms with Crippen LogP contribution in [-0.4, -0.2) is 55.7 Å². The normalized spacial score (nSPS) is 21.1. The monoisotopic (exact) mass is 424 g/mol. The van der Waals surface area contributed by atoms with Crippen LogP contribution in [0.5, 0.6) is 11.5 Å². The Morgan fingerprint density at radius 2 is 1.81 bits per heavy atom. The molecule has 164 valence electrons. The number of hydrogen-bond acceptors (Lipinski definition) is 6. The van der Waals surface area contributed by atoms with Gasteiger partial charge in [0.15, 0.2) is 11.4 Å². The standard InChI is InChI=1S/C24H28N2O5/c1-30-17-10-11-18(22(14-17)31-2)21(27)15-24(29)19-8-4-5-9-20(19)26(23(24)28)16-25-12-6-3-7-13-25/h4-5,8-11,14,29H,3,6-7,12-13,15-16H2,1-2H3/t24-/m0/s1. The number of fused-ring (bicyclic) bond motifs is 1. The van der Waals surface area contributed by atoms with Crippen LogP contribution in [0.15, 0.2) is 42.5 Å². The Morgan fingerprint density at radius 1 is 1.06 bits per heavy atom. The summed E-state index contributed by atoms with van der Waals surface area (Å²) in [5, 5.41) is 11.5. The third-order valence-electron chi connectivity index (χ3n) is 6.15. The maximum Gasteiger partial charge on any atom is 0.265 e. The Balaban J connectivity index is 1.63. The van der Waals surface area contributed by atoms with Crippen molar-refractivity contribution in [3.8, 4) is 11.5 Å². The SMILES string of the molecule is COc1ccc(C(=O)C[C@@]2(O)C(=O)N(CN3CCCCC3)c3ccccc32)c(OC)c1. The molecular weight excluding hydrogens is 396 g/mol. The maximum absolute atomic E-state index is 13.4. The van der Waals surface area contributed by atoms with Crippen LogP contribution in [0.2, 0.25) is 0 Å². The molecule has 0 bridgehead atoms. The zero-order valence-corrected chi connectivity index (χ0v) is 18.0. The van der Waals surface area contributed by atoms with Gasteiger partial charge >= 0.3 is 0 Å². The summed E-state index contributed by atoms with van der Waals surface area (Å²) in [7, 11) is 3.00. The van der Waals surface area contributed by atoms with E-state index < -0.39 is 11.5 Å². The summed E-state index contributed by atoms with van der Waals surface area (Å²) in [6.45, 7) is 2.26. The summed E-state index contributed by atoms with van der Waals surface area (Å²) in [5.74, 6) is 0.0732. The molecule has 2 aliphatic rings. The Morgan fingerprint density at radius 3 is 2.52 bits per heavy atom. The van der Waals surface area contributed by atoms with Gasteiger partial charge in [0.25, 0.3) is 5.91 Å². The van der Waals surface area contributed by atoms with Crippen molar-refractivity contribution in [1.82, 2.24) is 4.90 Å². The summed E-state index contributed by atoms with van der Waals surface area (Å²) in [4.78, 5) is 30.4. The largest absolute Gasteiger partial charge is 0.497 e. The molecule has 0 saturated carbocycles. The van der Waals surface area contributed by atoms with E-state index in [0.29, 0.717) is 35.0 Å². The smallest absolute Gasteiger partial charge is 0.265 e. The van der Waals surface area contributed by atoms with Gasteiger partial charge in [0, 0.05) is 11.6 Å². The topological polar surface area (TPSA) is 79.3 Å². The number of nitrogens with zero attached hydrogens (tertiary/aromatic N) is 2. The van der Waals surface area contributed by atoms with Gasteiger partial charge in [-0.1, -0.05) is 24.6 Å². The molecule has 1 N–H and O–H groups in total. The van der Waals surface area contributed by atoms with Crippen LogP contribution in [0.25, 0.3) is 0 Å². The molecule has 31 heavy (non-hydrogen) atoms. The first-order chi connectivity index (χ1) is 15.0. The number of aliphatic hydroxyl groups is 1. The Bertz CT molecular complexity index is 986. The fourth-order valence-corrected chi connectivity index (χ4v) is 4.48. The lowest BCUT2D eigenvalue weighted by Gasteiger charge is -2.31. The molecule has 2 aromatic carbocycles. The highest BCUT2D eigenvalue weighted by atomic mass is 16.5. The highest BCUT2D eigenvalue weighted by Crippen LogP contribution is 2.43. The van der Waals surface area contributed by atoms with Gasteiger partial charge in [0.2, 0.25) is 0 Å². The summed E-state index contributed by atoms with van der Waals surface area (Å²) < 4.78 is 10.5. The molecule has 0 aromatic heterocycles. The Labute approximate surface area is 182 Å². The van der Waals surface area contributed by atoms with Gasteiger partial charge in [-0.3, -0.25) is 19.4 Å². The highest BCUT2D eigenvalue weighted by molar-refractivity contribution is 6.11. The second-order valence-corrected chi connectivity index (χ2v) is 8.10. The molecule has 7 nitrogen and oxygen atoms in total. The predicted molar refractivity (Wildman–Crippen MR) is 117 cm³/mol. The van der Waals surface area contributed by atoms with Gasteiger partial charge in [-0.25, -0.2) is 0 Å². The van der Waals surface area contributed by atoms with Crippen LogP contribution in [0.4, 0.5) is 5.69 Å². The number of ether oxygens (including phenoxy) is 2. The Kier molecular flexibility index (Phi) is 5.98. The van der Waals surface area contributed by atoms with Crippen molar-refractivity contribution in [3.05, 3.63) is 53.6 Å². The van der Waals surface area contributed by atoms with E-state index in [1.54, 1.807) is 35.2 Å². The summed E-state index contributed by atoms with van der Waals surface area (Å²) >= 11 is 0. The molecule has 2 aliphatic heterocycles. The van der Waals surface area contributed by atoms with Crippen LogP contribution >= 0.6 is 0 Å². The number of benzene rings is 2. The molecule has 1 amide bonds. The molecule has 1 fully saturated rings. The summed E-state index contributed by atoms with van der Waals surface area (Å²) in [6.07, 6.45) is 3.04. The number of amides is 1. The van der Waals surface area contributed by atoms with E-state index in [-0.39, 0.29) is 12.2 Å². The van der Waals surface area contributed by atoms with E-state index >= 15 is 0 Å². The molecule has 2 heterocycles. The van der Waals surface area contributed by atoms with Crippen LogP contribution in [0.1, 0.15) is 41.6 Å². The van der Waals surface area contributed by atoms with E-state index in [9.17, 15) is 14.7 Å². The first-order valence-electron chi connectivity index (χ1n) is 10.6. The number of likely N-dealkylation sites (tertiary alicyclic amines) is 1. The van der Waals surface area contributed by atoms with Crippen molar-refractivity contribution in [2.24, 2.45) is 0 Å². The fourth-order valence-electron chi connectivity index (χ4n) is 4.48. The van der Waals surface area contributed by atoms with Gasteiger partial charge in [-0.2, -0.15) is 0 Å². The van der Waals surface area contributed by atoms with E-state index in [1.807, 2.05) is 12.1 Å². The minimum absolute atomic E-state index is 0.302. The maximum atomic E-state index is 13.4. The third-order valence-corrected chi connectivity index (χ3v) is 6.15. The van der Waals surface area contributed by atoms with Gasteiger partial charge in [-0.05, 0) is 44.1 Å². The van der Waals surface area contributed by atoms with Crippen LogP contribution < -0.4 is 14.4 Å². The molecule has 4 rings (SSSR count). The molecule has 7 heteroatoms. The molecule has 0 unspecified atom stereocenters. The van der Waals surface area contributed by atoms with E-state index in [4.69, 9.17) is 9.47 Å². The minimum Gasteiger partial charge on any atom is -0.497 e. The number of methoxy groups -OCH3 is 2. The lowest BCUT2D eigenvalue weighted by Crippen LogP contribution is -2.47. The quantitative estimate of drug-likeness (QED) is 0.689. The summed E-state index contributed by atoms with van der Waals surface area (Å²) in [6, 6.07) is 12.0. The molecule has 0 radical (unpaired) electrons. The fraction of sp³-hybridized carbons (Fsp3) is 0.417. The van der Waals surface area contributed by atoms with Gasteiger partial charge in [0.1, 0.15) is 11.5 Å². The van der Waals surface area contributed by atoms with Crippen molar-refractivity contribution in [2.75, 3.05) is 38.9 Å². The summed E-state index contributed by atoms with van der Waals surface area (Å²) in [5.41, 5.74) is -0.474. The van der Waals surface area contributed by atoms with E-state index in [1.165, 1.54) is 20.6 Å². The predicted octanol–water partition coefficient (Wildman–Crippen LogP) is 2.95. The highest BCUT2D eigenvalue weighted by Gasteiger charge is 2.51. The van der Waals surface area contributed by atoms with Crippen LogP contribution in [0, 0.1) is 0 Å². The second kappa shape index (κ2) is 8.69. The van der Waals surface area contributed by atoms with Crippen molar-refractivity contribution >= 4 is 17.4 Å². The van der Waals surface area contributed by atoms with Crippen molar-refractivity contribution in [2.45, 2.75) is 31.3 Å². The number of ketones is 1. The van der Waals surface area contributed by atoms with Crippen molar-refractivity contribution in [1.29, 1.82) is 0 Å². The van der Waals surface area contributed by atoms with E-state index in [2.05, 4.69) is 4.90 Å². The van der Waals surface area contributed by atoms with Crippen LogP contribution in [-0.2, 0) is 10.4 Å². The van der Waals surface area contributed by atoms with Crippen molar-refractivity contribution < 1.29 is 24.2 Å². The first kappa shape index (κ1) is 21.3. The van der Waals surface area contributed by atoms with Gasteiger partial charge in [0.05, 0.1) is 38.6 Å². The second-order valence-electron chi connectivity index (χ2n) is 8.10. The molecule has 1 atom stereocenters. The molecule has 1 saturated heterocycles. The van der Waals surface area contributed by atoms with Gasteiger partial charge in [-0.15, -0.1) is 0 Å². The minimum atomic E-state index is -1.91. The third kappa shape index (κ3) is 3.91. The zero-order chi connectivity index (χ0) is 22.0. The average molecular weight is 424 g/mol.